The summed E-state index contributed by atoms with van der Waals surface area (Å²) in [5.74, 6) is -0.601. The fourth-order valence-electron chi connectivity index (χ4n) is 3.20. The second-order valence-corrected chi connectivity index (χ2v) is 6.86. The van der Waals surface area contributed by atoms with Gasteiger partial charge < -0.3 is 15.2 Å². The fraction of sp³-hybridized carbons (Fsp3) is 0.200. The number of ether oxygens (including phenoxy) is 1. The lowest BCUT2D eigenvalue weighted by Crippen LogP contribution is -2.21. The zero-order chi connectivity index (χ0) is 19.5. The zero-order valence-electron chi connectivity index (χ0n) is 14.8. The summed E-state index contributed by atoms with van der Waals surface area (Å²) in [4.78, 5) is 23.3. The van der Waals surface area contributed by atoms with E-state index in [-0.39, 0.29) is 29.5 Å². The third kappa shape index (κ3) is 4.20. The third-order valence-electron chi connectivity index (χ3n) is 4.54. The summed E-state index contributed by atoms with van der Waals surface area (Å²) >= 11 is 6.01. The van der Waals surface area contributed by atoms with E-state index in [0.29, 0.717) is 5.95 Å². The smallest absolute Gasteiger partial charge is 0.335 e. The van der Waals surface area contributed by atoms with Gasteiger partial charge in [-0.25, -0.2) is 4.79 Å². The van der Waals surface area contributed by atoms with Crippen molar-refractivity contribution in [2.24, 2.45) is 0 Å². The minimum absolute atomic E-state index is 0.0456. The maximum atomic E-state index is 10.9. The lowest BCUT2D eigenvalue weighted by molar-refractivity contribution is 0.0697. The van der Waals surface area contributed by atoms with E-state index in [0.717, 1.165) is 18.4 Å². The number of anilines is 1. The van der Waals surface area contributed by atoms with Crippen LogP contribution in [-0.2, 0) is 19.4 Å². The predicted molar refractivity (Wildman–Crippen MR) is 104 cm³/mol. The summed E-state index contributed by atoms with van der Waals surface area (Å²) in [6, 6.07) is 15.0. The van der Waals surface area contributed by atoms with Crippen LogP contribution < -0.4 is 10.1 Å². The average molecular weight is 397 g/mol. The number of benzene rings is 2. The van der Waals surface area contributed by atoms with E-state index in [1.54, 1.807) is 12.1 Å². The molecule has 0 spiro atoms. The first-order chi connectivity index (χ1) is 13.6. The van der Waals surface area contributed by atoms with E-state index in [9.17, 15) is 4.79 Å². The van der Waals surface area contributed by atoms with Crippen molar-refractivity contribution < 1.29 is 14.6 Å². The van der Waals surface area contributed by atoms with E-state index in [1.165, 1.54) is 23.3 Å². The van der Waals surface area contributed by atoms with Crippen LogP contribution in [0.1, 0.15) is 27.0 Å². The number of hydrogen-bond acceptors (Lipinski definition) is 6. The summed E-state index contributed by atoms with van der Waals surface area (Å²) in [6.07, 6.45) is 1.79. The molecular formula is C20H17ClN4O3. The Morgan fingerprint density at radius 3 is 2.39 bits per heavy atom. The van der Waals surface area contributed by atoms with E-state index >= 15 is 0 Å². The summed E-state index contributed by atoms with van der Waals surface area (Å²) in [7, 11) is 0. The standard InChI is InChI=1S/C20H17ClN4O3/c21-18-23-19(22-16-9-14-3-1-2-4-15(14)10-16)25-20(24-18)28-11-12-5-7-13(8-6-12)17(26)27/h1-8,16H,9-11H2,(H,26,27)(H,22,23,24,25). The van der Waals surface area contributed by atoms with Crippen LogP contribution in [0.25, 0.3) is 0 Å². The molecule has 1 aromatic heterocycles. The Morgan fingerprint density at radius 1 is 1.07 bits per heavy atom. The van der Waals surface area contributed by atoms with Gasteiger partial charge in [0.1, 0.15) is 6.61 Å². The summed E-state index contributed by atoms with van der Waals surface area (Å²) in [6.45, 7) is 0.189. The van der Waals surface area contributed by atoms with E-state index < -0.39 is 5.97 Å². The van der Waals surface area contributed by atoms with Crippen LogP contribution in [-0.4, -0.2) is 32.1 Å². The molecule has 0 radical (unpaired) electrons. The number of aromatic nitrogens is 3. The highest BCUT2D eigenvalue weighted by atomic mass is 35.5. The predicted octanol–water partition coefficient (Wildman–Crippen LogP) is 3.38. The van der Waals surface area contributed by atoms with E-state index in [1.807, 2.05) is 12.1 Å². The fourth-order valence-corrected chi connectivity index (χ4v) is 3.35. The molecule has 1 heterocycles. The quantitative estimate of drug-likeness (QED) is 0.659. The molecule has 0 fully saturated rings. The molecule has 4 rings (SSSR count). The van der Waals surface area contributed by atoms with E-state index in [2.05, 4.69) is 32.4 Å². The Morgan fingerprint density at radius 2 is 1.75 bits per heavy atom. The van der Waals surface area contributed by atoms with Crippen LogP contribution in [0.3, 0.4) is 0 Å². The normalized spacial score (nSPS) is 13.2. The van der Waals surface area contributed by atoms with Gasteiger partial charge in [-0.1, -0.05) is 36.4 Å². The molecule has 0 saturated heterocycles. The number of nitrogens with zero attached hydrogens (tertiary/aromatic N) is 3. The summed E-state index contributed by atoms with van der Waals surface area (Å²) in [5.41, 5.74) is 3.65. The zero-order valence-corrected chi connectivity index (χ0v) is 15.6. The molecule has 28 heavy (non-hydrogen) atoms. The highest BCUT2D eigenvalue weighted by Gasteiger charge is 2.22. The van der Waals surface area contributed by atoms with Gasteiger partial charge in [-0.15, -0.1) is 0 Å². The maximum absolute atomic E-state index is 10.9. The number of rotatable bonds is 6. The lowest BCUT2D eigenvalue weighted by Gasteiger charge is -2.13. The largest absolute Gasteiger partial charge is 0.478 e. The first kappa shape index (κ1) is 18.2. The molecule has 2 N–H and O–H groups in total. The Balaban J connectivity index is 1.40. The Bertz CT molecular complexity index is 986. The van der Waals surface area contributed by atoms with Gasteiger partial charge >= 0.3 is 12.0 Å². The highest BCUT2D eigenvalue weighted by Crippen LogP contribution is 2.24. The first-order valence-corrected chi connectivity index (χ1v) is 9.14. The van der Waals surface area contributed by atoms with Crippen molar-refractivity contribution in [1.29, 1.82) is 0 Å². The number of aromatic carboxylic acids is 1. The van der Waals surface area contributed by atoms with Crippen LogP contribution in [0, 0.1) is 0 Å². The molecule has 0 amide bonds. The second kappa shape index (κ2) is 7.82. The lowest BCUT2D eigenvalue weighted by atomic mass is 10.1. The number of halogens is 1. The van der Waals surface area contributed by atoms with Crippen molar-refractivity contribution in [3.63, 3.8) is 0 Å². The summed E-state index contributed by atoms with van der Waals surface area (Å²) in [5, 5.41) is 12.3. The number of nitrogens with one attached hydrogen (secondary N) is 1. The van der Waals surface area contributed by atoms with Crippen molar-refractivity contribution in [1.82, 2.24) is 15.0 Å². The van der Waals surface area contributed by atoms with Gasteiger partial charge in [-0.2, -0.15) is 15.0 Å². The van der Waals surface area contributed by atoms with Gasteiger partial charge in [0, 0.05) is 6.04 Å². The second-order valence-electron chi connectivity index (χ2n) is 6.52. The minimum atomic E-state index is -0.971. The number of fused-ring (bicyclic) bond motifs is 1. The van der Waals surface area contributed by atoms with Gasteiger partial charge in [-0.3, -0.25) is 0 Å². The van der Waals surface area contributed by atoms with Crippen molar-refractivity contribution in [3.8, 4) is 6.01 Å². The number of carbonyl (C=O) groups is 1. The molecule has 7 nitrogen and oxygen atoms in total. The number of carboxylic acid groups (broad SMARTS) is 1. The van der Waals surface area contributed by atoms with Crippen LogP contribution in [0.4, 0.5) is 5.95 Å². The molecule has 2 aromatic carbocycles. The van der Waals surface area contributed by atoms with Crippen molar-refractivity contribution in [2.75, 3.05) is 5.32 Å². The summed E-state index contributed by atoms with van der Waals surface area (Å²) < 4.78 is 5.61. The number of hydrogen-bond donors (Lipinski definition) is 2. The Hall–Kier alpha value is -3.19. The SMILES string of the molecule is O=C(O)c1ccc(COc2nc(Cl)nc(NC3Cc4ccccc4C3)n2)cc1. The average Bonchev–Trinajstić information content (AvgIpc) is 3.08. The van der Waals surface area contributed by atoms with Gasteiger partial charge in [-0.05, 0) is 53.3 Å². The van der Waals surface area contributed by atoms with Crippen molar-refractivity contribution in [2.45, 2.75) is 25.5 Å². The molecule has 0 unspecified atom stereocenters. The number of carboxylic acids is 1. The van der Waals surface area contributed by atoms with Gasteiger partial charge in [0.05, 0.1) is 5.56 Å². The molecule has 0 aliphatic heterocycles. The molecule has 3 aromatic rings. The van der Waals surface area contributed by atoms with Gasteiger partial charge in [0.15, 0.2) is 0 Å². The molecule has 0 bridgehead atoms. The topological polar surface area (TPSA) is 97.2 Å². The van der Waals surface area contributed by atoms with Gasteiger partial charge in [0.25, 0.3) is 0 Å². The minimum Gasteiger partial charge on any atom is -0.478 e. The van der Waals surface area contributed by atoms with E-state index in [4.69, 9.17) is 21.4 Å². The monoisotopic (exact) mass is 396 g/mol. The van der Waals surface area contributed by atoms with Crippen LogP contribution in [0.15, 0.2) is 48.5 Å². The third-order valence-corrected chi connectivity index (χ3v) is 4.71. The molecule has 142 valence electrons. The molecule has 1 aliphatic rings. The highest BCUT2D eigenvalue weighted by molar-refractivity contribution is 6.28. The first-order valence-electron chi connectivity index (χ1n) is 8.77. The van der Waals surface area contributed by atoms with Crippen molar-refractivity contribution in [3.05, 3.63) is 76.1 Å². The Kier molecular flexibility index (Phi) is 5.08. The molecule has 0 saturated carbocycles. The van der Waals surface area contributed by atoms with Gasteiger partial charge in [0.2, 0.25) is 11.2 Å². The van der Waals surface area contributed by atoms with Crippen LogP contribution in [0.2, 0.25) is 5.28 Å². The van der Waals surface area contributed by atoms with Crippen molar-refractivity contribution >= 4 is 23.5 Å². The molecular weight excluding hydrogens is 380 g/mol. The molecule has 1 aliphatic carbocycles. The molecule has 8 heteroatoms. The Labute approximate surface area is 166 Å². The van der Waals surface area contributed by atoms with Crippen LogP contribution >= 0.6 is 11.6 Å². The maximum Gasteiger partial charge on any atom is 0.335 e. The molecule has 0 atom stereocenters. The van der Waals surface area contributed by atoms with Crippen LogP contribution in [0.5, 0.6) is 6.01 Å².